The fourth-order valence-electron chi connectivity index (χ4n) is 2.81. The predicted octanol–water partition coefficient (Wildman–Crippen LogP) is 4.72. The normalized spacial score (nSPS) is 21.2. The second-order valence-electron chi connectivity index (χ2n) is 5.86. The van der Waals surface area contributed by atoms with Gasteiger partial charge in [0.05, 0.1) is 11.6 Å². The van der Waals surface area contributed by atoms with Crippen LogP contribution in [0, 0.1) is 17.7 Å². The van der Waals surface area contributed by atoms with Crippen molar-refractivity contribution < 1.29 is 9.18 Å². The van der Waals surface area contributed by atoms with E-state index in [1.165, 1.54) is 18.2 Å². The average Bonchev–Trinajstić information content (AvgIpc) is 3.22. The van der Waals surface area contributed by atoms with E-state index < -0.39 is 0 Å². The van der Waals surface area contributed by atoms with Crippen LogP contribution in [0.5, 0.6) is 0 Å². The van der Waals surface area contributed by atoms with Crippen molar-refractivity contribution in [2.45, 2.75) is 19.4 Å². The minimum absolute atomic E-state index is 0.000605. The van der Waals surface area contributed by atoms with E-state index in [2.05, 4.69) is 28.2 Å². The molecule has 2 nitrogen and oxygen atoms in total. The molecule has 0 bridgehead atoms. The number of halogens is 2. The smallest absolute Gasteiger partial charge is 0.252 e. The largest absolute Gasteiger partial charge is 0.345 e. The quantitative estimate of drug-likeness (QED) is 0.838. The van der Waals surface area contributed by atoms with Gasteiger partial charge in [-0.1, -0.05) is 37.3 Å². The lowest BCUT2D eigenvalue weighted by Crippen LogP contribution is -2.30. The third kappa shape index (κ3) is 3.22. The van der Waals surface area contributed by atoms with Gasteiger partial charge in [0.1, 0.15) is 5.82 Å². The summed E-state index contributed by atoms with van der Waals surface area (Å²) in [5, 5.41) is 3.11. The number of nitrogens with one attached hydrogen (secondary N) is 1. The Morgan fingerprint density at radius 1 is 1.27 bits per heavy atom. The fourth-order valence-corrected chi connectivity index (χ4v) is 3.34. The molecule has 2 aromatic rings. The van der Waals surface area contributed by atoms with Crippen LogP contribution >= 0.6 is 15.9 Å². The van der Waals surface area contributed by atoms with Gasteiger partial charge in [-0.05, 0) is 57.9 Å². The Balaban J connectivity index is 1.83. The molecule has 2 aromatic carbocycles. The maximum Gasteiger partial charge on any atom is 0.252 e. The van der Waals surface area contributed by atoms with Gasteiger partial charge in [-0.25, -0.2) is 4.39 Å². The topological polar surface area (TPSA) is 29.1 Å². The molecule has 0 heterocycles. The van der Waals surface area contributed by atoms with Gasteiger partial charge in [0.25, 0.3) is 5.91 Å². The molecule has 1 saturated carbocycles. The van der Waals surface area contributed by atoms with Gasteiger partial charge in [-0.3, -0.25) is 4.79 Å². The Bertz CT molecular complexity index is 689. The van der Waals surface area contributed by atoms with Gasteiger partial charge < -0.3 is 5.32 Å². The van der Waals surface area contributed by atoms with Crippen LogP contribution in [0.1, 0.15) is 35.3 Å². The van der Waals surface area contributed by atoms with Crippen LogP contribution in [0.2, 0.25) is 0 Å². The highest BCUT2D eigenvalue weighted by Gasteiger charge is 2.41. The Hall–Kier alpha value is -1.68. The molecule has 3 rings (SSSR count). The van der Waals surface area contributed by atoms with E-state index in [1.807, 2.05) is 30.3 Å². The number of rotatable bonds is 4. The van der Waals surface area contributed by atoms with E-state index in [0.717, 1.165) is 12.0 Å². The average molecular weight is 362 g/mol. The lowest BCUT2D eigenvalue weighted by atomic mass is 10.0. The van der Waals surface area contributed by atoms with Crippen molar-refractivity contribution in [3.63, 3.8) is 0 Å². The van der Waals surface area contributed by atoms with Crippen molar-refractivity contribution in [1.29, 1.82) is 0 Å². The van der Waals surface area contributed by atoms with Gasteiger partial charge in [0.2, 0.25) is 0 Å². The van der Waals surface area contributed by atoms with Crippen LogP contribution in [-0.2, 0) is 0 Å². The second-order valence-corrected chi connectivity index (χ2v) is 6.72. The van der Waals surface area contributed by atoms with Crippen molar-refractivity contribution in [3.05, 3.63) is 69.9 Å². The first-order valence-electron chi connectivity index (χ1n) is 7.37. The van der Waals surface area contributed by atoms with E-state index in [0.29, 0.717) is 21.9 Å². The van der Waals surface area contributed by atoms with E-state index in [4.69, 9.17) is 0 Å². The SMILES string of the molecule is CC1CC1C(NC(=O)c1ccc(F)cc1Br)c1ccccc1. The lowest BCUT2D eigenvalue weighted by Gasteiger charge is -2.20. The third-order valence-electron chi connectivity index (χ3n) is 4.22. The van der Waals surface area contributed by atoms with Crippen LogP contribution in [0.4, 0.5) is 4.39 Å². The summed E-state index contributed by atoms with van der Waals surface area (Å²) in [6.45, 7) is 2.20. The first-order chi connectivity index (χ1) is 10.6. The molecule has 0 aromatic heterocycles. The number of carbonyl (C=O) groups is 1. The highest BCUT2D eigenvalue weighted by Crippen LogP contribution is 2.47. The van der Waals surface area contributed by atoms with Gasteiger partial charge in [0, 0.05) is 4.47 Å². The predicted molar refractivity (Wildman–Crippen MR) is 88.0 cm³/mol. The molecule has 1 N–H and O–H groups in total. The summed E-state index contributed by atoms with van der Waals surface area (Å²) in [6.07, 6.45) is 1.12. The van der Waals surface area contributed by atoms with Gasteiger partial charge in [-0.15, -0.1) is 0 Å². The maximum absolute atomic E-state index is 13.2. The van der Waals surface area contributed by atoms with Crippen LogP contribution < -0.4 is 5.32 Å². The summed E-state index contributed by atoms with van der Waals surface area (Å²) < 4.78 is 13.6. The summed E-state index contributed by atoms with van der Waals surface area (Å²) in [6, 6.07) is 14.1. The van der Waals surface area contributed by atoms with E-state index >= 15 is 0 Å². The molecular formula is C18H17BrFNO. The zero-order chi connectivity index (χ0) is 15.7. The third-order valence-corrected chi connectivity index (χ3v) is 4.88. The molecule has 0 radical (unpaired) electrons. The number of amides is 1. The van der Waals surface area contributed by atoms with Crippen molar-refractivity contribution in [2.24, 2.45) is 11.8 Å². The van der Waals surface area contributed by atoms with Gasteiger partial charge in [-0.2, -0.15) is 0 Å². The molecular weight excluding hydrogens is 345 g/mol. The van der Waals surface area contributed by atoms with Gasteiger partial charge >= 0.3 is 0 Å². The zero-order valence-corrected chi connectivity index (χ0v) is 13.8. The van der Waals surface area contributed by atoms with Crippen molar-refractivity contribution in [2.75, 3.05) is 0 Å². The number of hydrogen-bond acceptors (Lipinski definition) is 1. The molecule has 0 spiro atoms. The Morgan fingerprint density at radius 3 is 2.55 bits per heavy atom. The fraction of sp³-hybridized carbons (Fsp3) is 0.278. The standard InChI is InChI=1S/C18H17BrFNO/c1-11-9-15(11)17(12-5-3-2-4-6-12)21-18(22)14-8-7-13(20)10-16(14)19/h2-8,10-11,15,17H,9H2,1H3,(H,21,22). The number of hydrogen-bond donors (Lipinski definition) is 1. The summed E-state index contributed by atoms with van der Waals surface area (Å²) in [5.74, 6) is 0.534. The summed E-state index contributed by atoms with van der Waals surface area (Å²) in [7, 11) is 0. The molecule has 3 unspecified atom stereocenters. The second kappa shape index (κ2) is 6.21. The Morgan fingerprint density at radius 2 is 1.95 bits per heavy atom. The first-order valence-corrected chi connectivity index (χ1v) is 8.16. The number of carbonyl (C=O) groups excluding carboxylic acids is 1. The van der Waals surface area contributed by atoms with E-state index in [1.54, 1.807) is 0 Å². The summed E-state index contributed by atoms with van der Waals surface area (Å²) in [4.78, 5) is 12.5. The lowest BCUT2D eigenvalue weighted by molar-refractivity contribution is 0.0930. The van der Waals surface area contributed by atoms with Gasteiger partial charge in [0.15, 0.2) is 0 Å². The van der Waals surface area contributed by atoms with E-state index in [-0.39, 0.29) is 17.8 Å². The monoisotopic (exact) mass is 361 g/mol. The highest BCUT2D eigenvalue weighted by atomic mass is 79.9. The minimum atomic E-state index is -0.362. The molecule has 0 saturated heterocycles. The van der Waals surface area contributed by atoms with Crippen LogP contribution in [0.3, 0.4) is 0 Å². The van der Waals surface area contributed by atoms with Crippen LogP contribution in [0.25, 0.3) is 0 Å². The molecule has 1 aliphatic rings. The molecule has 1 fully saturated rings. The molecule has 114 valence electrons. The number of benzene rings is 2. The molecule has 4 heteroatoms. The zero-order valence-electron chi connectivity index (χ0n) is 12.2. The molecule has 0 aliphatic heterocycles. The summed E-state index contributed by atoms with van der Waals surface area (Å²) in [5.41, 5.74) is 1.57. The van der Waals surface area contributed by atoms with Crippen molar-refractivity contribution in [1.82, 2.24) is 5.32 Å². The summed E-state index contributed by atoms with van der Waals surface area (Å²) >= 11 is 3.26. The molecule has 22 heavy (non-hydrogen) atoms. The molecule has 3 atom stereocenters. The first kappa shape index (κ1) is 15.2. The van der Waals surface area contributed by atoms with E-state index in [9.17, 15) is 9.18 Å². The molecule has 1 aliphatic carbocycles. The Kier molecular flexibility index (Phi) is 4.30. The minimum Gasteiger partial charge on any atom is -0.345 e. The van der Waals surface area contributed by atoms with Crippen LogP contribution in [-0.4, -0.2) is 5.91 Å². The van der Waals surface area contributed by atoms with Crippen LogP contribution in [0.15, 0.2) is 53.0 Å². The van der Waals surface area contributed by atoms with Crippen molar-refractivity contribution >= 4 is 21.8 Å². The maximum atomic E-state index is 13.2. The Labute approximate surface area is 137 Å². The van der Waals surface area contributed by atoms with Crippen molar-refractivity contribution in [3.8, 4) is 0 Å². The highest BCUT2D eigenvalue weighted by molar-refractivity contribution is 9.10. The molecule has 1 amide bonds.